The quantitative estimate of drug-likeness (QED) is 0.751. The van der Waals surface area contributed by atoms with Gasteiger partial charge in [-0.3, -0.25) is 0 Å². The molecule has 2 unspecified atom stereocenters. The summed E-state index contributed by atoms with van der Waals surface area (Å²) in [6, 6.07) is 7.74. The van der Waals surface area contributed by atoms with E-state index in [4.69, 9.17) is 0 Å². The monoisotopic (exact) mass is 259 g/mol. The lowest BCUT2D eigenvalue weighted by atomic mass is 9.89. The molecule has 0 saturated heterocycles. The van der Waals surface area contributed by atoms with Gasteiger partial charge in [0.05, 0.1) is 0 Å². The van der Waals surface area contributed by atoms with Crippen molar-refractivity contribution in [2.45, 2.75) is 65.3 Å². The molecule has 0 bridgehead atoms. The van der Waals surface area contributed by atoms with Gasteiger partial charge in [0, 0.05) is 6.04 Å². The Labute approximate surface area is 118 Å². The van der Waals surface area contributed by atoms with E-state index in [1.165, 1.54) is 44.1 Å². The molecule has 0 fully saturated rings. The van der Waals surface area contributed by atoms with Crippen LogP contribution in [0.25, 0.3) is 0 Å². The van der Waals surface area contributed by atoms with E-state index in [-0.39, 0.29) is 0 Å². The fourth-order valence-corrected chi connectivity index (χ4v) is 3.35. The van der Waals surface area contributed by atoms with Gasteiger partial charge in [0.15, 0.2) is 0 Å². The van der Waals surface area contributed by atoms with E-state index < -0.39 is 0 Å². The van der Waals surface area contributed by atoms with Gasteiger partial charge in [-0.1, -0.05) is 45.4 Å². The van der Waals surface area contributed by atoms with E-state index in [1.807, 2.05) is 0 Å². The predicted molar refractivity (Wildman–Crippen MR) is 83.6 cm³/mol. The van der Waals surface area contributed by atoms with Crippen molar-refractivity contribution in [2.24, 2.45) is 5.92 Å². The summed E-state index contributed by atoms with van der Waals surface area (Å²) in [7, 11) is 0. The number of nitrogens with one attached hydrogen (secondary N) is 1. The fourth-order valence-electron chi connectivity index (χ4n) is 3.35. The number of hydrogen-bond acceptors (Lipinski definition) is 1. The molecule has 2 atom stereocenters. The van der Waals surface area contributed by atoms with Gasteiger partial charge in [-0.15, -0.1) is 0 Å². The highest BCUT2D eigenvalue weighted by atomic mass is 14.9. The Kier molecular flexibility index (Phi) is 5.45. The summed E-state index contributed by atoms with van der Waals surface area (Å²) in [5.74, 6) is 0.719. The normalized spacial score (nSPS) is 17.2. The number of rotatable bonds is 7. The molecule has 0 heterocycles. The molecular formula is C18H29N. The SMILES string of the molecule is CCCNC(c1ccc2c(c1)CCC2)C(C)CCC. The standard InChI is InChI=1S/C18H29N/c1-4-7-14(3)18(19-12-5-2)17-11-10-15-8-6-9-16(15)13-17/h10-11,13-14,18-19H,4-9,12H2,1-3H3. The van der Waals surface area contributed by atoms with Crippen molar-refractivity contribution >= 4 is 0 Å². The van der Waals surface area contributed by atoms with Gasteiger partial charge in [0.2, 0.25) is 0 Å². The predicted octanol–water partition coefficient (Wildman–Crippen LogP) is 4.65. The molecule has 0 aliphatic heterocycles. The molecular weight excluding hydrogens is 230 g/mol. The van der Waals surface area contributed by atoms with Crippen molar-refractivity contribution in [3.63, 3.8) is 0 Å². The van der Waals surface area contributed by atoms with Gasteiger partial charge in [-0.05, 0) is 61.3 Å². The van der Waals surface area contributed by atoms with Gasteiger partial charge < -0.3 is 5.32 Å². The summed E-state index contributed by atoms with van der Waals surface area (Å²) in [4.78, 5) is 0. The van der Waals surface area contributed by atoms with Gasteiger partial charge >= 0.3 is 0 Å². The first-order valence-electron chi connectivity index (χ1n) is 8.11. The molecule has 1 aromatic carbocycles. The largest absolute Gasteiger partial charge is 0.310 e. The van der Waals surface area contributed by atoms with Crippen LogP contribution in [0.4, 0.5) is 0 Å². The Balaban J connectivity index is 2.16. The second kappa shape index (κ2) is 7.09. The van der Waals surface area contributed by atoms with E-state index in [0.29, 0.717) is 6.04 Å². The maximum absolute atomic E-state index is 3.76. The average molecular weight is 259 g/mol. The van der Waals surface area contributed by atoms with Crippen molar-refractivity contribution in [2.75, 3.05) is 6.54 Å². The second-order valence-electron chi connectivity index (χ2n) is 6.08. The third-order valence-electron chi connectivity index (χ3n) is 4.41. The zero-order valence-corrected chi connectivity index (χ0v) is 12.8. The first-order valence-corrected chi connectivity index (χ1v) is 8.11. The molecule has 1 aromatic rings. The highest BCUT2D eigenvalue weighted by Gasteiger charge is 2.20. The molecule has 1 heteroatoms. The highest BCUT2D eigenvalue weighted by molar-refractivity contribution is 5.36. The molecule has 1 N–H and O–H groups in total. The summed E-state index contributed by atoms with van der Waals surface area (Å²) in [5, 5.41) is 3.76. The van der Waals surface area contributed by atoms with Crippen molar-refractivity contribution in [1.82, 2.24) is 5.32 Å². The first-order chi connectivity index (χ1) is 9.26. The second-order valence-corrected chi connectivity index (χ2v) is 6.08. The van der Waals surface area contributed by atoms with E-state index in [9.17, 15) is 0 Å². The molecule has 2 rings (SSSR count). The summed E-state index contributed by atoms with van der Waals surface area (Å²) >= 11 is 0. The summed E-state index contributed by atoms with van der Waals surface area (Å²) < 4.78 is 0. The van der Waals surface area contributed by atoms with Gasteiger partial charge in [0.25, 0.3) is 0 Å². The lowest BCUT2D eigenvalue weighted by Gasteiger charge is -2.26. The maximum Gasteiger partial charge on any atom is 0.0346 e. The van der Waals surface area contributed by atoms with E-state index in [1.54, 1.807) is 11.1 Å². The molecule has 106 valence electrons. The van der Waals surface area contributed by atoms with Gasteiger partial charge in [0.1, 0.15) is 0 Å². The van der Waals surface area contributed by atoms with Crippen LogP contribution in [-0.2, 0) is 12.8 Å². The molecule has 0 radical (unpaired) electrons. The number of hydrogen-bond donors (Lipinski definition) is 1. The zero-order valence-electron chi connectivity index (χ0n) is 12.8. The smallest absolute Gasteiger partial charge is 0.0346 e. The Morgan fingerprint density at radius 3 is 2.63 bits per heavy atom. The van der Waals surface area contributed by atoms with Crippen LogP contribution in [0.5, 0.6) is 0 Å². The highest BCUT2D eigenvalue weighted by Crippen LogP contribution is 2.30. The summed E-state index contributed by atoms with van der Waals surface area (Å²) in [6.07, 6.45) is 7.70. The molecule has 19 heavy (non-hydrogen) atoms. The minimum Gasteiger partial charge on any atom is -0.310 e. The van der Waals surface area contributed by atoms with Crippen LogP contribution in [0.3, 0.4) is 0 Å². The molecule has 0 aromatic heterocycles. The molecule has 1 aliphatic carbocycles. The third-order valence-corrected chi connectivity index (χ3v) is 4.41. The minimum absolute atomic E-state index is 0.533. The van der Waals surface area contributed by atoms with Crippen molar-refractivity contribution in [3.05, 3.63) is 34.9 Å². The van der Waals surface area contributed by atoms with Crippen molar-refractivity contribution in [1.29, 1.82) is 0 Å². The molecule has 1 aliphatic rings. The van der Waals surface area contributed by atoms with Crippen LogP contribution < -0.4 is 5.32 Å². The van der Waals surface area contributed by atoms with E-state index >= 15 is 0 Å². The molecule has 0 amide bonds. The lowest BCUT2D eigenvalue weighted by Crippen LogP contribution is -2.27. The lowest BCUT2D eigenvalue weighted by molar-refractivity contribution is 0.363. The van der Waals surface area contributed by atoms with Crippen LogP contribution in [0.1, 0.15) is 69.2 Å². The van der Waals surface area contributed by atoms with Crippen LogP contribution >= 0.6 is 0 Å². The van der Waals surface area contributed by atoms with Crippen LogP contribution in [-0.4, -0.2) is 6.54 Å². The summed E-state index contributed by atoms with van der Waals surface area (Å²) in [6.45, 7) is 8.05. The Hall–Kier alpha value is -0.820. The Bertz CT molecular complexity index is 397. The molecule has 1 nitrogen and oxygen atoms in total. The Morgan fingerprint density at radius 2 is 1.89 bits per heavy atom. The third kappa shape index (κ3) is 3.60. The first kappa shape index (κ1) is 14.6. The van der Waals surface area contributed by atoms with Crippen molar-refractivity contribution < 1.29 is 0 Å². The molecule has 0 spiro atoms. The topological polar surface area (TPSA) is 12.0 Å². The van der Waals surface area contributed by atoms with Crippen LogP contribution in [0.2, 0.25) is 0 Å². The van der Waals surface area contributed by atoms with Crippen LogP contribution in [0.15, 0.2) is 18.2 Å². The fraction of sp³-hybridized carbons (Fsp3) is 0.667. The van der Waals surface area contributed by atoms with Gasteiger partial charge in [-0.2, -0.15) is 0 Å². The van der Waals surface area contributed by atoms with Gasteiger partial charge in [-0.25, -0.2) is 0 Å². The summed E-state index contributed by atoms with van der Waals surface area (Å²) in [5.41, 5.74) is 4.70. The zero-order chi connectivity index (χ0) is 13.7. The maximum atomic E-state index is 3.76. The number of aryl methyl sites for hydroxylation is 2. The number of fused-ring (bicyclic) bond motifs is 1. The average Bonchev–Trinajstić information content (AvgIpc) is 2.87. The van der Waals surface area contributed by atoms with E-state index in [0.717, 1.165) is 12.5 Å². The number of benzene rings is 1. The van der Waals surface area contributed by atoms with Crippen molar-refractivity contribution in [3.8, 4) is 0 Å². The Morgan fingerprint density at radius 1 is 1.11 bits per heavy atom. The van der Waals surface area contributed by atoms with E-state index in [2.05, 4.69) is 44.3 Å². The molecule has 0 saturated carbocycles. The van der Waals surface area contributed by atoms with Crippen LogP contribution in [0, 0.1) is 5.92 Å². The minimum atomic E-state index is 0.533.